The van der Waals surface area contributed by atoms with Gasteiger partial charge in [0.15, 0.2) is 18.8 Å². The van der Waals surface area contributed by atoms with E-state index in [-0.39, 0.29) is 33.0 Å². The lowest BCUT2D eigenvalue weighted by atomic mass is 9.93. The second-order valence-corrected chi connectivity index (χ2v) is 17.6. The molecule has 4 aromatic rings. The number of amides is 3. The van der Waals surface area contributed by atoms with Gasteiger partial charge in [0.1, 0.15) is 55.3 Å². The fourth-order valence-electron chi connectivity index (χ4n) is 7.92. The van der Waals surface area contributed by atoms with Gasteiger partial charge in [-0.2, -0.15) is 8.42 Å². The molecule has 3 fully saturated rings. The molecule has 0 radical (unpaired) electrons. The van der Waals surface area contributed by atoms with Crippen LogP contribution in [0.4, 0.5) is 0 Å². The molecular formula is C47H55N3O14S. The highest BCUT2D eigenvalue weighted by Gasteiger charge is 2.55. The summed E-state index contributed by atoms with van der Waals surface area (Å²) in [7, 11) is -3.99. The number of fused-ring (bicyclic) bond motifs is 1. The maximum Gasteiger partial charge on any atom is 0.264 e. The van der Waals surface area contributed by atoms with E-state index in [0.29, 0.717) is 0 Å². The predicted octanol–water partition coefficient (Wildman–Crippen LogP) is 3.43. The molecule has 3 N–H and O–H groups in total. The molecule has 0 unspecified atom stereocenters. The van der Waals surface area contributed by atoms with Crippen LogP contribution in [-0.2, 0) is 86.4 Å². The number of nitrogens with one attached hydrogen (secondary N) is 3. The quantitative estimate of drug-likeness (QED) is 0.115. The third-order valence-corrected chi connectivity index (χ3v) is 11.4. The van der Waals surface area contributed by atoms with Crippen molar-refractivity contribution in [3.8, 4) is 0 Å². The summed E-state index contributed by atoms with van der Waals surface area (Å²) in [4.78, 5) is 39.4. The van der Waals surface area contributed by atoms with Crippen molar-refractivity contribution in [3.63, 3.8) is 0 Å². The highest BCUT2D eigenvalue weighted by Crippen LogP contribution is 2.38. The Morgan fingerprint density at radius 1 is 0.646 bits per heavy atom. The molecule has 7 rings (SSSR count). The third kappa shape index (κ3) is 13.7. The average Bonchev–Trinajstić information content (AvgIpc) is 3.29. The van der Waals surface area contributed by atoms with Crippen molar-refractivity contribution >= 4 is 27.8 Å². The normalized spacial score (nSPS) is 27.8. The number of hydrogen-bond donors (Lipinski definition) is 3. The first-order valence-corrected chi connectivity index (χ1v) is 23.1. The van der Waals surface area contributed by atoms with Gasteiger partial charge in [-0.15, -0.1) is 0 Å². The van der Waals surface area contributed by atoms with Gasteiger partial charge >= 0.3 is 0 Å². The molecule has 4 aromatic carbocycles. The van der Waals surface area contributed by atoms with Gasteiger partial charge in [-0.05, 0) is 16.7 Å². The van der Waals surface area contributed by atoms with Gasteiger partial charge in [-0.25, -0.2) is 0 Å². The monoisotopic (exact) mass is 917 g/mol. The Morgan fingerprint density at radius 2 is 1.18 bits per heavy atom. The first kappa shape index (κ1) is 47.8. The van der Waals surface area contributed by atoms with Crippen molar-refractivity contribution in [2.45, 2.75) is 101 Å². The number of hydrogen-bond acceptors (Lipinski definition) is 14. The smallest absolute Gasteiger partial charge is 0.264 e. The molecule has 11 atom stereocenters. The second kappa shape index (κ2) is 22.9. The lowest BCUT2D eigenvalue weighted by Gasteiger charge is -2.52. The van der Waals surface area contributed by atoms with Crippen molar-refractivity contribution in [2.75, 3.05) is 26.1 Å². The van der Waals surface area contributed by atoms with Gasteiger partial charge in [0.2, 0.25) is 17.7 Å². The van der Waals surface area contributed by atoms with Crippen LogP contribution in [0.15, 0.2) is 121 Å². The summed E-state index contributed by atoms with van der Waals surface area (Å²) < 4.78 is 81.3. The van der Waals surface area contributed by atoms with Crippen LogP contribution in [0.1, 0.15) is 42.4 Å². The maximum atomic E-state index is 13.3. The standard InChI is InChI=1S/C47H55N3O14S/c1-30(51)48-39-43(57-25-33-18-10-5-11-19-33)41(36(27-56-24-32-16-8-4-9-17-32)61-45(39)50-38(53)29-60-65(3,54)55)64-47-40(49-31(2)52)44(58-26-34-20-12-6-13-21-34)42-37(62-47)28-59-46(63-42)35-22-14-7-15-23-35/h4-23,36-37,39-47H,24-29H2,1-3H3,(H,48,51)(H,49,52)(H,50,53)/t36-,37-,39-,40-,41-,42-,43-,44-,45-,46-,47+/m1/s1. The van der Waals surface area contributed by atoms with Crippen molar-refractivity contribution < 1.29 is 64.9 Å². The first-order valence-electron chi connectivity index (χ1n) is 21.3. The molecule has 3 saturated heterocycles. The summed E-state index contributed by atoms with van der Waals surface area (Å²) >= 11 is 0. The molecule has 348 valence electrons. The Bertz CT molecular complexity index is 2250. The van der Waals surface area contributed by atoms with E-state index in [1.54, 1.807) is 0 Å². The molecule has 65 heavy (non-hydrogen) atoms. The van der Waals surface area contributed by atoms with Crippen molar-refractivity contribution in [2.24, 2.45) is 0 Å². The summed E-state index contributed by atoms with van der Waals surface area (Å²) in [6.45, 7) is 2.09. The minimum Gasteiger partial charge on any atom is -0.374 e. The van der Waals surface area contributed by atoms with E-state index in [9.17, 15) is 22.8 Å². The van der Waals surface area contributed by atoms with E-state index in [0.717, 1.165) is 28.5 Å². The van der Waals surface area contributed by atoms with Crippen LogP contribution in [0, 0.1) is 0 Å². The molecule has 0 saturated carbocycles. The molecule has 0 bridgehead atoms. The Kier molecular flexibility index (Phi) is 16.8. The molecule has 18 heteroatoms. The fraction of sp³-hybridized carbons (Fsp3) is 0.426. The second-order valence-electron chi connectivity index (χ2n) is 15.9. The van der Waals surface area contributed by atoms with Crippen molar-refractivity contribution in [3.05, 3.63) is 144 Å². The van der Waals surface area contributed by atoms with Crippen molar-refractivity contribution in [1.29, 1.82) is 0 Å². The number of ether oxygens (including phenoxy) is 8. The third-order valence-electron chi connectivity index (χ3n) is 10.8. The molecule has 0 aliphatic carbocycles. The van der Waals surface area contributed by atoms with Crippen LogP contribution >= 0.6 is 0 Å². The van der Waals surface area contributed by atoms with Crippen LogP contribution < -0.4 is 16.0 Å². The summed E-state index contributed by atoms with van der Waals surface area (Å²) in [6, 6.07) is 35.6. The van der Waals surface area contributed by atoms with Gasteiger partial charge in [0, 0.05) is 19.4 Å². The van der Waals surface area contributed by atoms with Gasteiger partial charge in [-0.3, -0.25) is 18.6 Å². The Hall–Kier alpha value is -5.12. The number of carbonyl (C=O) groups excluding carboxylic acids is 3. The largest absolute Gasteiger partial charge is 0.374 e. The molecule has 3 aliphatic heterocycles. The van der Waals surface area contributed by atoms with E-state index >= 15 is 0 Å². The summed E-state index contributed by atoms with van der Waals surface area (Å²) in [5, 5.41) is 8.55. The highest BCUT2D eigenvalue weighted by atomic mass is 32.2. The molecular weight excluding hydrogens is 863 g/mol. The minimum absolute atomic E-state index is 0.0214. The zero-order valence-corrected chi connectivity index (χ0v) is 37.1. The molecule has 3 heterocycles. The lowest BCUT2D eigenvalue weighted by Crippen LogP contribution is -2.72. The molecule has 3 aliphatic rings. The van der Waals surface area contributed by atoms with Gasteiger partial charge in [0.05, 0.1) is 39.3 Å². The Morgan fingerprint density at radius 3 is 1.75 bits per heavy atom. The molecule has 0 spiro atoms. The van der Waals surface area contributed by atoms with Gasteiger partial charge < -0.3 is 53.8 Å². The average molecular weight is 918 g/mol. The summed E-state index contributed by atoms with van der Waals surface area (Å²) in [5.41, 5.74) is 3.31. The number of carbonyl (C=O) groups is 3. The summed E-state index contributed by atoms with van der Waals surface area (Å²) in [6.07, 6.45) is -8.26. The van der Waals surface area contributed by atoms with Crippen LogP contribution in [0.5, 0.6) is 0 Å². The van der Waals surface area contributed by atoms with Crippen LogP contribution in [0.25, 0.3) is 0 Å². The Labute approximate surface area is 378 Å². The van der Waals surface area contributed by atoms with Gasteiger partial charge in [-0.1, -0.05) is 121 Å². The summed E-state index contributed by atoms with van der Waals surface area (Å²) in [5.74, 6) is -1.75. The van der Waals surface area contributed by atoms with Gasteiger partial charge in [0.25, 0.3) is 10.1 Å². The van der Waals surface area contributed by atoms with Crippen LogP contribution in [0.3, 0.4) is 0 Å². The van der Waals surface area contributed by atoms with E-state index in [2.05, 4.69) is 16.0 Å². The van der Waals surface area contributed by atoms with Crippen LogP contribution in [-0.4, -0.2) is 113 Å². The SMILES string of the molecule is CC(=O)N[C@@H]1[C@@H](OCc2ccccc2)[C@H](O[C@@H]2O[C@@H]3CO[C@@H](c4ccccc4)O[C@H]3[C@H](OCc3ccccc3)[C@H]2NC(C)=O)[C@@H](COCc2ccccc2)O[C@H]1NC(=O)COS(C)(=O)=O. The highest BCUT2D eigenvalue weighted by molar-refractivity contribution is 7.86. The fourth-order valence-corrected chi connectivity index (χ4v) is 8.24. The van der Waals surface area contributed by atoms with E-state index < -0.39 is 102 Å². The van der Waals surface area contributed by atoms with E-state index in [1.165, 1.54) is 13.8 Å². The molecule has 3 amide bonds. The van der Waals surface area contributed by atoms with Crippen LogP contribution in [0.2, 0.25) is 0 Å². The zero-order chi connectivity index (χ0) is 45.8. The van der Waals surface area contributed by atoms with E-state index in [1.807, 2.05) is 121 Å². The maximum absolute atomic E-state index is 13.3. The number of rotatable bonds is 19. The lowest BCUT2D eigenvalue weighted by molar-refractivity contribution is -0.366. The minimum atomic E-state index is -3.99. The predicted molar refractivity (Wildman–Crippen MR) is 232 cm³/mol. The Balaban J connectivity index is 1.26. The molecule has 0 aromatic heterocycles. The molecule has 17 nitrogen and oxygen atoms in total. The zero-order valence-electron chi connectivity index (χ0n) is 36.3. The number of benzene rings is 4. The van der Waals surface area contributed by atoms with E-state index in [4.69, 9.17) is 42.1 Å². The van der Waals surface area contributed by atoms with Crippen molar-refractivity contribution in [1.82, 2.24) is 16.0 Å². The first-order chi connectivity index (χ1) is 31.4. The topological polar surface area (TPSA) is 205 Å².